The first kappa shape index (κ1) is 17.6. The van der Waals surface area contributed by atoms with Crippen molar-refractivity contribution >= 4 is 28.8 Å². The Morgan fingerprint density at radius 3 is 2.72 bits per heavy atom. The molecule has 1 atom stereocenters. The lowest BCUT2D eigenvalue weighted by molar-refractivity contribution is -0.114. The van der Waals surface area contributed by atoms with Crippen LogP contribution in [-0.4, -0.2) is 35.8 Å². The van der Waals surface area contributed by atoms with Crippen molar-refractivity contribution in [3.63, 3.8) is 0 Å². The molecule has 6 heteroatoms. The van der Waals surface area contributed by atoms with Crippen LogP contribution >= 0.6 is 11.3 Å². The third-order valence-electron chi connectivity index (χ3n) is 4.49. The van der Waals surface area contributed by atoms with Gasteiger partial charge in [-0.2, -0.15) is 0 Å². The summed E-state index contributed by atoms with van der Waals surface area (Å²) in [6.45, 7) is 6.22. The molecule has 0 aliphatic carbocycles. The molecule has 1 aromatic heterocycles. The molecule has 0 radical (unpaired) electrons. The Kier molecular flexibility index (Phi) is 5.50. The first-order valence-corrected chi connectivity index (χ1v) is 9.36. The summed E-state index contributed by atoms with van der Waals surface area (Å²) in [5.74, 6) is -0.212. The molecule has 1 aliphatic rings. The molecule has 0 fully saturated rings. The van der Waals surface area contributed by atoms with Gasteiger partial charge in [-0.25, -0.2) is 0 Å². The van der Waals surface area contributed by atoms with Crippen LogP contribution in [0.4, 0.5) is 5.69 Å². The summed E-state index contributed by atoms with van der Waals surface area (Å²) in [4.78, 5) is 27.2. The van der Waals surface area contributed by atoms with Crippen molar-refractivity contribution in [1.82, 2.24) is 10.2 Å². The number of anilines is 1. The van der Waals surface area contributed by atoms with Crippen molar-refractivity contribution < 1.29 is 9.59 Å². The highest BCUT2D eigenvalue weighted by Gasteiger charge is 2.21. The molecule has 3 rings (SSSR count). The minimum absolute atomic E-state index is 0.0885. The number of nitrogens with one attached hydrogen (secondary N) is 2. The van der Waals surface area contributed by atoms with Gasteiger partial charge in [-0.3, -0.25) is 14.5 Å². The molecule has 2 N–H and O–H groups in total. The molecule has 25 heavy (non-hydrogen) atoms. The van der Waals surface area contributed by atoms with E-state index in [-0.39, 0.29) is 17.9 Å². The topological polar surface area (TPSA) is 61.4 Å². The van der Waals surface area contributed by atoms with Crippen molar-refractivity contribution in [2.24, 2.45) is 0 Å². The Balaban J connectivity index is 1.51. The largest absolute Gasteiger partial charge is 0.350 e. The monoisotopic (exact) mass is 357 g/mol. The highest BCUT2D eigenvalue weighted by Crippen LogP contribution is 2.25. The fourth-order valence-electron chi connectivity index (χ4n) is 3.03. The second kappa shape index (κ2) is 7.80. The number of fused-ring (bicyclic) bond motifs is 1. The Morgan fingerprint density at radius 2 is 2.00 bits per heavy atom. The molecule has 1 aliphatic heterocycles. The molecule has 0 spiro atoms. The molecule has 0 saturated carbocycles. The van der Waals surface area contributed by atoms with Gasteiger partial charge in [-0.15, -0.1) is 11.3 Å². The average Bonchev–Trinajstić information content (AvgIpc) is 3.07. The summed E-state index contributed by atoms with van der Waals surface area (Å²) < 4.78 is 0. The van der Waals surface area contributed by atoms with Crippen LogP contribution in [0.25, 0.3) is 0 Å². The number of amides is 2. The molecule has 2 heterocycles. The standard InChI is InChI=1S/C19H23N3O2S/c1-13(22-9-7-18-16(12-22)8-10-25-18)11-20-19(24)15-3-5-17(6-4-15)21-14(2)23/h3-6,8,10,13H,7,9,11-12H2,1-2H3,(H,20,24)(H,21,23). The molecular weight excluding hydrogens is 334 g/mol. The number of benzene rings is 1. The maximum atomic E-state index is 12.3. The van der Waals surface area contributed by atoms with Crippen LogP contribution in [-0.2, 0) is 17.8 Å². The summed E-state index contributed by atoms with van der Waals surface area (Å²) in [7, 11) is 0. The summed E-state index contributed by atoms with van der Waals surface area (Å²) in [6, 6.07) is 9.42. The first-order valence-electron chi connectivity index (χ1n) is 8.48. The zero-order chi connectivity index (χ0) is 17.8. The zero-order valence-electron chi connectivity index (χ0n) is 14.5. The Bertz CT molecular complexity index is 754. The van der Waals surface area contributed by atoms with Gasteiger partial charge < -0.3 is 10.6 Å². The van der Waals surface area contributed by atoms with Crippen molar-refractivity contribution in [2.45, 2.75) is 32.9 Å². The van der Waals surface area contributed by atoms with Gasteiger partial charge in [-0.1, -0.05) is 0 Å². The number of rotatable bonds is 5. The third-order valence-corrected chi connectivity index (χ3v) is 5.51. The number of nitrogens with zero attached hydrogens (tertiary/aromatic N) is 1. The maximum absolute atomic E-state index is 12.3. The minimum Gasteiger partial charge on any atom is -0.350 e. The van der Waals surface area contributed by atoms with E-state index in [4.69, 9.17) is 0 Å². The SMILES string of the molecule is CC(=O)Nc1ccc(C(=O)NCC(C)N2CCc3sccc3C2)cc1. The van der Waals surface area contributed by atoms with Gasteiger partial charge in [0.1, 0.15) is 0 Å². The Morgan fingerprint density at radius 1 is 1.24 bits per heavy atom. The third kappa shape index (κ3) is 4.46. The predicted octanol–water partition coefficient (Wildman–Crippen LogP) is 2.88. The van der Waals surface area contributed by atoms with E-state index < -0.39 is 0 Å². The van der Waals surface area contributed by atoms with Gasteiger partial charge in [0, 0.05) is 48.7 Å². The zero-order valence-corrected chi connectivity index (χ0v) is 15.4. The Hall–Kier alpha value is -2.18. The number of carbonyl (C=O) groups is 2. The van der Waals surface area contributed by atoms with Crippen LogP contribution in [0.1, 0.15) is 34.6 Å². The summed E-state index contributed by atoms with van der Waals surface area (Å²) >= 11 is 1.84. The highest BCUT2D eigenvalue weighted by atomic mass is 32.1. The predicted molar refractivity (Wildman–Crippen MR) is 101 cm³/mol. The van der Waals surface area contributed by atoms with E-state index in [9.17, 15) is 9.59 Å². The molecule has 2 aromatic rings. The van der Waals surface area contributed by atoms with Crippen molar-refractivity contribution in [3.8, 4) is 0 Å². The van der Waals surface area contributed by atoms with Gasteiger partial charge in [0.05, 0.1) is 0 Å². The number of carbonyl (C=O) groups excluding carboxylic acids is 2. The molecule has 1 aromatic carbocycles. The minimum atomic E-state index is -0.124. The summed E-state index contributed by atoms with van der Waals surface area (Å²) in [6.07, 6.45) is 1.09. The van der Waals surface area contributed by atoms with E-state index in [0.29, 0.717) is 17.8 Å². The second-order valence-corrected chi connectivity index (χ2v) is 7.41. The van der Waals surface area contributed by atoms with E-state index in [1.165, 1.54) is 17.4 Å². The van der Waals surface area contributed by atoms with Crippen LogP contribution in [0.5, 0.6) is 0 Å². The molecule has 132 valence electrons. The quantitative estimate of drug-likeness (QED) is 0.865. The van der Waals surface area contributed by atoms with Gasteiger partial charge in [-0.05, 0) is 54.6 Å². The van der Waals surface area contributed by atoms with E-state index in [1.54, 1.807) is 24.3 Å². The van der Waals surface area contributed by atoms with E-state index in [0.717, 1.165) is 19.5 Å². The van der Waals surface area contributed by atoms with Gasteiger partial charge in [0.15, 0.2) is 0 Å². The van der Waals surface area contributed by atoms with Crippen molar-refractivity contribution in [3.05, 3.63) is 51.7 Å². The second-order valence-electron chi connectivity index (χ2n) is 6.41. The maximum Gasteiger partial charge on any atom is 0.251 e. The molecule has 0 saturated heterocycles. The van der Waals surface area contributed by atoms with Crippen LogP contribution in [0.2, 0.25) is 0 Å². The number of thiophene rings is 1. The van der Waals surface area contributed by atoms with Crippen molar-refractivity contribution in [2.75, 3.05) is 18.4 Å². The van der Waals surface area contributed by atoms with Crippen molar-refractivity contribution in [1.29, 1.82) is 0 Å². The summed E-state index contributed by atoms with van der Waals surface area (Å²) in [5, 5.41) is 7.86. The number of hydrogen-bond donors (Lipinski definition) is 2. The van der Waals surface area contributed by atoms with Crippen LogP contribution in [0.15, 0.2) is 35.7 Å². The normalized spacial score (nSPS) is 15.3. The lowest BCUT2D eigenvalue weighted by Gasteiger charge is -2.32. The molecular formula is C19H23N3O2S. The average molecular weight is 357 g/mol. The van der Waals surface area contributed by atoms with Crippen LogP contribution in [0.3, 0.4) is 0 Å². The van der Waals surface area contributed by atoms with Gasteiger partial charge in [0.25, 0.3) is 5.91 Å². The van der Waals surface area contributed by atoms with E-state index in [1.807, 2.05) is 11.3 Å². The van der Waals surface area contributed by atoms with E-state index in [2.05, 4.69) is 33.9 Å². The van der Waals surface area contributed by atoms with Crippen LogP contribution in [0, 0.1) is 0 Å². The lowest BCUT2D eigenvalue weighted by atomic mass is 10.1. The number of hydrogen-bond acceptors (Lipinski definition) is 4. The molecule has 0 bridgehead atoms. The highest BCUT2D eigenvalue weighted by molar-refractivity contribution is 7.10. The van der Waals surface area contributed by atoms with Gasteiger partial charge >= 0.3 is 0 Å². The first-order chi connectivity index (χ1) is 12.0. The fourth-order valence-corrected chi connectivity index (χ4v) is 3.92. The molecule has 1 unspecified atom stereocenters. The molecule has 2 amide bonds. The molecule has 5 nitrogen and oxygen atoms in total. The fraction of sp³-hybridized carbons (Fsp3) is 0.368. The van der Waals surface area contributed by atoms with Gasteiger partial charge in [0.2, 0.25) is 5.91 Å². The lowest BCUT2D eigenvalue weighted by Crippen LogP contribution is -2.44. The van der Waals surface area contributed by atoms with E-state index >= 15 is 0 Å². The Labute approximate surface area is 152 Å². The van der Waals surface area contributed by atoms with Crippen LogP contribution < -0.4 is 10.6 Å². The smallest absolute Gasteiger partial charge is 0.251 e. The summed E-state index contributed by atoms with van der Waals surface area (Å²) in [5.41, 5.74) is 2.71.